The molecule has 0 radical (unpaired) electrons. The van der Waals surface area contributed by atoms with Gasteiger partial charge in [0.2, 0.25) is 5.91 Å². The Morgan fingerprint density at radius 1 is 1.22 bits per heavy atom. The number of amides is 2. The van der Waals surface area contributed by atoms with Gasteiger partial charge in [-0.05, 0) is 18.2 Å². The SMILES string of the molecule is COc1ccccc1C1NC(=O)c2ccccc2N1CC(N)=O. The molecule has 3 rings (SSSR count). The van der Waals surface area contributed by atoms with Gasteiger partial charge in [0, 0.05) is 5.56 Å². The molecule has 0 aliphatic carbocycles. The summed E-state index contributed by atoms with van der Waals surface area (Å²) in [6.45, 7) is -0.0139. The lowest BCUT2D eigenvalue weighted by atomic mass is 10.0. The summed E-state index contributed by atoms with van der Waals surface area (Å²) < 4.78 is 5.38. The molecule has 1 aliphatic heterocycles. The monoisotopic (exact) mass is 311 g/mol. The number of hydrogen-bond acceptors (Lipinski definition) is 4. The zero-order valence-corrected chi connectivity index (χ0v) is 12.7. The molecule has 1 atom stereocenters. The van der Waals surface area contributed by atoms with Crippen LogP contribution in [-0.2, 0) is 4.79 Å². The zero-order chi connectivity index (χ0) is 16.4. The topological polar surface area (TPSA) is 84.7 Å². The number of anilines is 1. The normalized spacial score (nSPS) is 16.5. The molecule has 3 N–H and O–H groups in total. The van der Waals surface area contributed by atoms with Gasteiger partial charge in [0.05, 0.1) is 24.9 Å². The lowest BCUT2D eigenvalue weighted by Gasteiger charge is -2.38. The van der Waals surface area contributed by atoms with Gasteiger partial charge >= 0.3 is 0 Å². The third kappa shape index (κ3) is 2.70. The maximum atomic E-state index is 12.4. The second kappa shape index (κ2) is 6.00. The Kier molecular flexibility index (Phi) is 3.89. The zero-order valence-electron chi connectivity index (χ0n) is 12.7. The third-order valence-corrected chi connectivity index (χ3v) is 3.80. The van der Waals surface area contributed by atoms with Gasteiger partial charge in [0.25, 0.3) is 5.91 Å². The molecular formula is C17H17N3O3. The van der Waals surface area contributed by atoms with Gasteiger partial charge in [-0.25, -0.2) is 0 Å². The standard InChI is InChI=1S/C17H17N3O3/c1-23-14-9-5-3-7-12(14)16-19-17(22)11-6-2-4-8-13(11)20(16)10-15(18)21/h2-9,16H,10H2,1H3,(H2,18,21)(H,19,22). The minimum atomic E-state index is -0.527. The van der Waals surface area contributed by atoms with Crippen molar-refractivity contribution in [2.75, 3.05) is 18.6 Å². The van der Waals surface area contributed by atoms with E-state index in [9.17, 15) is 9.59 Å². The molecule has 2 aromatic carbocycles. The number of rotatable bonds is 4. The quantitative estimate of drug-likeness (QED) is 0.894. The van der Waals surface area contributed by atoms with E-state index < -0.39 is 12.1 Å². The van der Waals surface area contributed by atoms with Gasteiger partial charge in [-0.15, -0.1) is 0 Å². The maximum absolute atomic E-state index is 12.4. The molecular weight excluding hydrogens is 294 g/mol. The van der Waals surface area contributed by atoms with Crippen molar-refractivity contribution < 1.29 is 14.3 Å². The molecule has 0 spiro atoms. The smallest absolute Gasteiger partial charge is 0.255 e. The fourth-order valence-corrected chi connectivity index (χ4v) is 2.82. The van der Waals surface area contributed by atoms with Crippen LogP contribution in [0.15, 0.2) is 48.5 Å². The number of hydrogen-bond donors (Lipinski definition) is 2. The first-order valence-electron chi connectivity index (χ1n) is 7.19. The largest absolute Gasteiger partial charge is 0.496 e. The van der Waals surface area contributed by atoms with Crippen molar-refractivity contribution in [1.82, 2.24) is 5.32 Å². The maximum Gasteiger partial charge on any atom is 0.255 e. The fraction of sp³-hybridized carbons (Fsp3) is 0.176. The van der Waals surface area contributed by atoms with Crippen LogP contribution in [0.25, 0.3) is 0 Å². The average molecular weight is 311 g/mol. The number of nitrogens with zero attached hydrogens (tertiary/aromatic N) is 1. The Morgan fingerprint density at radius 2 is 1.91 bits per heavy atom. The summed E-state index contributed by atoms with van der Waals surface area (Å²) in [4.78, 5) is 25.7. The predicted molar refractivity (Wildman–Crippen MR) is 86.2 cm³/mol. The van der Waals surface area contributed by atoms with Crippen molar-refractivity contribution >= 4 is 17.5 Å². The first-order chi connectivity index (χ1) is 11.1. The van der Waals surface area contributed by atoms with Crippen molar-refractivity contribution in [3.8, 4) is 5.75 Å². The van der Waals surface area contributed by atoms with Crippen molar-refractivity contribution in [2.24, 2.45) is 5.73 Å². The van der Waals surface area contributed by atoms with E-state index in [1.54, 1.807) is 30.2 Å². The van der Waals surface area contributed by atoms with E-state index in [2.05, 4.69) is 5.32 Å². The highest BCUT2D eigenvalue weighted by Crippen LogP contribution is 2.35. The number of carbonyl (C=O) groups excluding carboxylic acids is 2. The van der Waals surface area contributed by atoms with Gasteiger partial charge in [-0.3, -0.25) is 9.59 Å². The summed E-state index contributed by atoms with van der Waals surface area (Å²) in [6.07, 6.45) is -0.527. The number of para-hydroxylation sites is 2. The van der Waals surface area contributed by atoms with Crippen molar-refractivity contribution in [1.29, 1.82) is 0 Å². The first kappa shape index (κ1) is 14.9. The van der Waals surface area contributed by atoms with Crippen LogP contribution in [0, 0.1) is 0 Å². The van der Waals surface area contributed by atoms with Crippen LogP contribution in [0.1, 0.15) is 22.1 Å². The van der Waals surface area contributed by atoms with Gasteiger partial charge in [0.15, 0.2) is 0 Å². The van der Waals surface area contributed by atoms with Gasteiger partial charge in [-0.2, -0.15) is 0 Å². The Hall–Kier alpha value is -3.02. The number of carbonyl (C=O) groups is 2. The lowest BCUT2D eigenvalue weighted by Crippen LogP contribution is -2.49. The number of fused-ring (bicyclic) bond motifs is 1. The predicted octanol–water partition coefficient (Wildman–Crippen LogP) is 1.43. The van der Waals surface area contributed by atoms with Crippen molar-refractivity contribution in [2.45, 2.75) is 6.17 Å². The van der Waals surface area contributed by atoms with Crippen LogP contribution in [-0.4, -0.2) is 25.5 Å². The van der Waals surface area contributed by atoms with E-state index in [1.165, 1.54) is 0 Å². The number of nitrogens with one attached hydrogen (secondary N) is 1. The van der Waals surface area contributed by atoms with Crippen LogP contribution in [0.2, 0.25) is 0 Å². The summed E-state index contributed by atoms with van der Waals surface area (Å²) in [5.74, 6) is -0.0419. The number of benzene rings is 2. The molecule has 1 aliphatic rings. The molecule has 0 fully saturated rings. The molecule has 6 heteroatoms. The van der Waals surface area contributed by atoms with Crippen LogP contribution >= 0.6 is 0 Å². The Labute approximate surface area is 133 Å². The summed E-state index contributed by atoms with van der Waals surface area (Å²) in [5.41, 5.74) is 7.35. The second-order valence-corrected chi connectivity index (χ2v) is 5.23. The Morgan fingerprint density at radius 3 is 2.65 bits per heavy atom. The molecule has 0 saturated heterocycles. The number of primary amides is 1. The molecule has 2 aromatic rings. The Balaban J connectivity index is 2.12. The molecule has 1 unspecified atom stereocenters. The average Bonchev–Trinajstić information content (AvgIpc) is 2.57. The molecule has 1 heterocycles. The van der Waals surface area contributed by atoms with E-state index in [0.29, 0.717) is 17.0 Å². The number of ether oxygens (including phenoxy) is 1. The first-order valence-corrected chi connectivity index (χ1v) is 7.19. The number of nitrogens with two attached hydrogens (primary N) is 1. The van der Waals surface area contributed by atoms with E-state index in [-0.39, 0.29) is 12.5 Å². The van der Waals surface area contributed by atoms with E-state index in [4.69, 9.17) is 10.5 Å². The molecule has 0 bridgehead atoms. The van der Waals surface area contributed by atoms with Crippen molar-refractivity contribution in [3.63, 3.8) is 0 Å². The van der Waals surface area contributed by atoms with Crippen LogP contribution in [0.4, 0.5) is 5.69 Å². The highest BCUT2D eigenvalue weighted by atomic mass is 16.5. The van der Waals surface area contributed by atoms with Gasteiger partial charge in [-0.1, -0.05) is 30.3 Å². The van der Waals surface area contributed by atoms with E-state index >= 15 is 0 Å². The second-order valence-electron chi connectivity index (χ2n) is 5.23. The number of methoxy groups -OCH3 is 1. The molecule has 6 nitrogen and oxygen atoms in total. The molecule has 118 valence electrons. The van der Waals surface area contributed by atoms with Crippen LogP contribution < -0.4 is 20.7 Å². The van der Waals surface area contributed by atoms with Crippen LogP contribution in [0.5, 0.6) is 5.75 Å². The summed E-state index contributed by atoms with van der Waals surface area (Å²) in [5, 5.41) is 2.92. The summed E-state index contributed by atoms with van der Waals surface area (Å²) >= 11 is 0. The summed E-state index contributed by atoms with van der Waals surface area (Å²) in [7, 11) is 1.57. The molecule has 0 saturated carbocycles. The molecule has 0 aromatic heterocycles. The fourth-order valence-electron chi connectivity index (χ4n) is 2.82. The third-order valence-electron chi connectivity index (χ3n) is 3.80. The Bertz CT molecular complexity index is 760. The van der Waals surface area contributed by atoms with Gasteiger partial charge in [0.1, 0.15) is 11.9 Å². The molecule has 2 amide bonds. The highest BCUT2D eigenvalue weighted by Gasteiger charge is 2.33. The van der Waals surface area contributed by atoms with Gasteiger partial charge < -0.3 is 20.7 Å². The lowest BCUT2D eigenvalue weighted by molar-refractivity contribution is -0.116. The summed E-state index contributed by atoms with van der Waals surface area (Å²) in [6, 6.07) is 14.5. The van der Waals surface area contributed by atoms with Crippen LogP contribution in [0.3, 0.4) is 0 Å². The van der Waals surface area contributed by atoms with E-state index in [1.807, 2.05) is 30.3 Å². The van der Waals surface area contributed by atoms with Crippen molar-refractivity contribution in [3.05, 3.63) is 59.7 Å². The highest BCUT2D eigenvalue weighted by molar-refractivity contribution is 6.02. The molecule has 23 heavy (non-hydrogen) atoms. The minimum absolute atomic E-state index is 0.0139. The minimum Gasteiger partial charge on any atom is -0.496 e. The van der Waals surface area contributed by atoms with E-state index in [0.717, 1.165) is 5.56 Å².